The Morgan fingerprint density at radius 3 is 2.39 bits per heavy atom. The maximum atomic E-state index is 12.8. The van der Waals surface area contributed by atoms with Crippen LogP contribution in [-0.2, 0) is 20.2 Å². The third-order valence-corrected chi connectivity index (χ3v) is 6.18. The first-order valence-electron chi connectivity index (χ1n) is 7.93. The van der Waals surface area contributed by atoms with E-state index in [1.807, 2.05) is 12.1 Å². The second-order valence-corrected chi connectivity index (χ2v) is 9.18. The van der Waals surface area contributed by atoms with Crippen molar-refractivity contribution in [1.82, 2.24) is 4.31 Å². The first-order valence-corrected chi connectivity index (χ1v) is 9.37. The minimum absolute atomic E-state index is 0.0228. The van der Waals surface area contributed by atoms with Gasteiger partial charge in [0.15, 0.2) is 0 Å². The van der Waals surface area contributed by atoms with Crippen molar-refractivity contribution in [3.8, 4) is 0 Å². The maximum Gasteiger partial charge on any atom is 0.303 e. The summed E-state index contributed by atoms with van der Waals surface area (Å²) < 4.78 is 26.9. The van der Waals surface area contributed by atoms with Crippen molar-refractivity contribution in [3.05, 3.63) is 29.8 Å². The van der Waals surface area contributed by atoms with E-state index in [1.165, 1.54) is 4.31 Å². The molecule has 128 valence electrons. The molecule has 1 aromatic carbocycles. The van der Waals surface area contributed by atoms with E-state index >= 15 is 0 Å². The average Bonchev–Trinajstić information content (AvgIpc) is 2.46. The van der Waals surface area contributed by atoms with Crippen molar-refractivity contribution in [2.45, 2.75) is 50.3 Å². The number of benzene rings is 1. The van der Waals surface area contributed by atoms with Crippen LogP contribution < -0.4 is 0 Å². The number of hydrogen-bond donors (Lipinski definition) is 1. The molecule has 0 radical (unpaired) electrons. The molecule has 2 rings (SSSR count). The summed E-state index contributed by atoms with van der Waals surface area (Å²) in [6.45, 7) is 6.99. The number of carboxylic acids is 1. The first kappa shape index (κ1) is 17.9. The molecule has 1 saturated heterocycles. The topological polar surface area (TPSA) is 74.7 Å². The average molecular weight is 339 g/mol. The van der Waals surface area contributed by atoms with E-state index in [0.717, 1.165) is 12.0 Å². The molecule has 0 aliphatic carbocycles. The van der Waals surface area contributed by atoms with E-state index in [9.17, 15) is 13.2 Å². The van der Waals surface area contributed by atoms with Gasteiger partial charge in [0.25, 0.3) is 0 Å². The Morgan fingerprint density at radius 1 is 1.26 bits per heavy atom. The van der Waals surface area contributed by atoms with Crippen LogP contribution in [0.4, 0.5) is 0 Å². The summed E-state index contributed by atoms with van der Waals surface area (Å²) in [6.07, 6.45) is 1.49. The number of rotatable bonds is 4. The van der Waals surface area contributed by atoms with Crippen LogP contribution in [0.1, 0.15) is 45.6 Å². The second-order valence-electron chi connectivity index (χ2n) is 7.24. The van der Waals surface area contributed by atoms with Gasteiger partial charge >= 0.3 is 5.97 Å². The number of nitrogens with zero attached hydrogens (tertiary/aromatic N) is 1. The highest BCUT2D eigenvalue weighted by atomic mass is 32.2. The first-order chi connectivity index (χ1) is 10.6. The van der Waals surface area contributed by atoms with Crippen LogP contribution in [0, 0.1) is 5.92 Å². The largest absolute Gasteiger partial charge is 0.481 e. The van der Waals surface area contributed by atoms with E-state index in [-0.39, 0.29) is 29.2 Å². The van der Waals surface area contributed by atoms with Gasteiger partial charge in [-0.2, -0.15) is 4.31 Å². The lowest BCUT2D eigenvalue weighted by atomic mass is 9.87. The zero-order valence-corrected chi connectivity index (χ0v) is 14.8. The summed E-state index contributed by atoms with van der Waals surface area (Å²) >= 11 is 0. The minimum atomic E-state index is -3.55. The van der Waals surface area contributed by atoms with Gasteiger partial charge in [-0.05, 0) is 41.9 Å². The monoisotopic (exact) mass is 339 g/mol. The van der Waals surface area contributed by atoms with E-state index in [2.05, 4.69) is 20.8 Å². The number of aliphatic carboxylic acids is 1. The molecule has 0 saturated carbocycles. The lowest BCUT2D eigenvalue weighted by Crippen LogP contribution is -2.40. The minimum Gasteiger partial charge on any atom is -0.481 e. The van der Waals surface area contributed by atoms with Gasteiger partial charge in [-0.3, -0.25) is 4.79 Å². The number of carbonyl (C=O) groups is 1. The fourth-order valence-corrected chi connectivity index (χ4v) is 4.49. The van der Waals surface area contributed by atoms with Crippen LogP contribution in [0.15, 0.2) is 29.2 Å². The molecule has 1 heterocycles. The lowest BCUT2D eigenvalue weighted by molar-refractivity contribution is -0.138. The Hall–Kier alpha value is -1.40. The fourth-order valence-electron chi connectivity index (χ4n) is 2.93. The smallest absolute Gasteiger partial charge is 0.303 e. The highest BCUT2D eigenvalue weighted by Crippen LogP contribution is 2.28. The zero-order chi connectivity index (χ0) is 17.3. The highest BCUT2D eigenvalue weighted by Gasteiger charge is 2.31. The van der Waals surface area contributed by atoms with Crippen LogP contribution in [0.25, 0.3) is 0 Å². The normalized spacial score (nSPS) is 20.4. The number of carboxylic acid groups (broad SMARTS) is 1. The van der Waals surface area contributed by atoms with Crippen LogP contribution in [0.3, 0.4) is 0 Å². The summed E-state index contributed by atoms with van der Waals surface area (Å²) in [5.41, 5.74) is 1.05. The summed E-state index contributed by atoms with van der Waals surface area (Å²) in [5, 5.41) is 8.91. The van der Waals surface area contributed by atoms with Gasteiger partial charge in [0.2, 0.25) is 10.0 Å². The molecular formula is C17H25NO4S. The van der Waals surface area contributed by atoms with E-state index in [0.29, 0.717) is 13.0 Å². The third kappa shape index (κ3) is 4.32. The Balaban J connectivity index is 2.19. The van der Waals surface area contributed by atoms with Gasteiger partial charge in [0.05, 0.1) is 4.90 Å². The molecule has 1 aromatic rings. The third-order valence-electron chi connectivity index (χ3n) is 4.30. The molecule has 0 bridgehead atoms. The zero-order valence-electron chi connectivity index (χ0n) is 13.9. The summed E-state index contributed by atoms with van der Waals surface area (Å²) in [4.78, 5) is 11.1. The summed E-state index contributed by atoms with van der Waals surface area (Å²) in [6, 6.07) is 7.00. The molecule has 23 heavy (non-hydrogen) atoms. The Morgan fingerprint density at radius 2 is 1.87 bits per heavy atom. The van der Waals surface area contributed by atoms with Gasteiger partial charge in [-0.25, -0.2) is 8.42 Å². The molecule has 1 atom stereocenters. The van der Waals surface area contributed by atoms with Crippen molar-refractivity contribution in [2.75, 3.05) is 13.1 Å². The number of hydrogen-bond acceptors (Lipinski definition) is 3. The molecule has 5 nitrogen and oxygen atoms in total. The van der Waals surface area contributed by atoms with Crippen LogP contribution in [-0.4, -0.2) is 36.9 Å². The van der Waals surface area contributed by atoms with Crippen LogP contribution in [0.5, 0.6) is 0 Å². The van der Waals surface area contributed by atoms with Crippen molar-refractivity contribution in [2.24, 2.45) is 5.92 Å². The molecule has 6 heteroatoms. The SMILES string of the molecule is CC(C)(C)c1ccc(S(=O)(=O)N2CCC[C@@H](CC(=O)O)C2)cc1. The van der Waals surface area contributed by atoms with Gasteiger partial charge in [0, 0.05) is 19.5 Å². The quantitative estimate of drug-likeness (QED) is 0.915. The van der Waals surface area contributed by atoms with Gasteiger partial charge in [-0.1, -0.05) is 32.9 Å². The van der Waals surface area contributed by atoms with Crippen LogP contribution in [0.2, 0.25) is 0 Å². The number of sulfonamides is 1. The van der Waals surface area contributed by atoms with Gasteiger partial charge in [-0.15, -0.1) is 0 Å². The molecule has 0 spiro atoms. The molecule has 1 N–H and O–H groups in total. The fraction of sp³-hybridized carbons (Fsp3) is 0.588. The molecule has 1 fully saturated rings. The van der Waals surface area contributed by atoms with Crippen molar-refractivity contribution < 1.29 is 18.3 Å². The van der Waals surface area contributed by atoms with E-state index < -0.39 is 16.0 Å². The Labute approximate surface area is 138 Å². The predicted molar refractivity (Wildman–Crippen MR) is 88.9 cm³/mol. The predicted octanol–water partition coefficient (Wildman–Crippen LogP) is 2.86. The van der Waals surface area contributed by atoms with Crippen molar-refractivity contribution in [1.29, 1.82) is 0 Å². The summed E-state index contributed by atoms with van der Waals surface area (Å²) in [5.74, 6) is -0.978. The Kier molecular flexibility index (Phi) is 5.16. The van der Waals surface area contributed by atoms with Gasteiger partial charge in [0.1, 0.15) is 0 Å². The Bertz CT molecular complexity index is 659. The lowest BCUT2D eigenvalue weighted by Gasteiger charge is -2.31. The molecular weight excluding hydrogens is 314 g/mol. The van der Waals surface area contributed by atoms with E-state index in [4.69, 9.17) is 5.11 Å². The molecule has 0 aromatic heterocycles. The van der Waals surface area contributed by atoms with E-state index in [1.54, 1.807) is 12.1 Å². The highest BCUT2D eigenvalue weighted by molar-refractivity contribution is 7.89. The maximum absolute atomic E-state index is 12.8. The van der Waals surface area contributed by atoms with Crippen molar-refractivity contribution >= 4 is 16.0 Å². The van der Waals surface area contributed by atoms with Crippen molar-refractivity contribution in [3.63, 3.8) is 0 Å². The molecule has 1 aliphatic heterocycles. The standard InChI is InChI=1S/C17H25NO4S/c1-17(2,3)14-6-8-15(9-7-14)23(21,22)18-10-4-5-13(12-18)11-16(19)20/h6-9,13H,4-5,10-12H2,1-3H3,(H,19,20)/t13-/m0/s1. The van der Waals surface area contributed by atoms with Gasteiger partial charge < -0.3 is 5.11 Å². The summed E-state index contributed by atoms with van der Waals surface area (Å²) in [7, 11) is -3.55. The molecule has 1 aliphatic rings. The van der Waals surface area contributed by atoms with Crippen LogP contribution >= 0.6 is 0 Å². The number of piperidine rings is 1. The second kappa shape index (κ2) is 6.61. The molecule has 0 amide bonds. The molecule has 0 unspecified atom stereocenters.